The fourth-order valence-electron chi connectivity index (χ4n) is 1.23. The summed E-state index contributed by atoms with van der Waals surface area (Å²) in [4.78, 5) is 7.93. The summed E-state index contributed by atoms with van der Waals surface area (Å²) in [7, 11) is 1.60. The standard InChI is InChI=1S/C12H12N2O3/c1-16-10-2-4-11(5-3-10)17-12-13-6-9(8-15)7-14-12/h2-7,15H,8H2,1H3. The van der Waals surface area contributed by atoms with Gasteiger partial charge in [0.1, 0.15) is 11.5 Å². The Morgan fingerprint density at radius 3 is 2.18 bits per heavy atom. The molecule has 0 unspecified atom stereocenters. The summed E-state index contributed by atoms with van der Waals surface area (Å²) in [6, 6.07) is 7.35. The SMILES string of the molecule is COc1ccc(Oc2ncc(CO)cn2)cc1. The summed E-state index contributed by atoms with van der Waals surface area (Å²) in [5, 5.41) is 8.84. The average molecular weight is 232 g/mol. The summed E-state index contributed by atoms with van der Waals surface area (Å²) in [5.74, 6) is 1.39. The van der Waals surface area contributed by atoms with Crippen molar-refractivity contribution in [3.8, 4) is 17.5 Å². The molecular formula is C12H12N2O3. The number of nitrogens with zero attached hydrogens (tertiary/aromatic N) is 2. The molecule has 0 radical (unpaired) electrons. The number of aromatic nitrogens is 2. The second-order valence-corrected chi connectivity index (χ2v) is 3.31. The van der Waals surface area contributed by atoms with Crippen molar-refractivity contribution in [1.82, 2.24) is 9.97 Å². The van der Waals surface area contributed by atoms with Crippen molar-refractivity contribution in [3.63, 3.8) is 0 Å². The average Bonchev–Trinajstić information content (AvgIpc) is 2.40. The van der Waals surface area contributed by atoms with Gasteiger partial charge in [0.05, 0.1) is 13.7 Å². The van der Waals surface area contributed by atoms with Crippen LogP contribution in [0.15, 0.2) is 36.7 Å². The van der Waals surface area contributed by atoms with Gasteiger partial charge in [-0.15, -0.1) is 0 Å². The maximum absolute atomic E-state index is 8.84. The number of rotatable bonds is 4. The van der Waals surface area contributed by atoms with Crippen LogP contribution in [-0.4, -0.2) is 22.2 Å². The number of ether oxygens (including phenoxy) is 2. The van der Waals surface area contributed by atoms with Gasteiger partial charge < -0.3 is 14.6 Å². The minimum atomic E-state index is -0.0805. The normalized spacial score (nSPS) is 10.0. The zero-order valence-electron chi connectivity index (χ0n) is 9.33. The van der Waals surface area contributed by atoms with E-state index < -0.39 is 0 Å². The van der Waals surface area contributed by atoms with Gasteiger partial charge in [-0.3, -0.25) is 0 Å². The van der Waals surface area contributed by atoms with E-state index in [-0.39, 0.29) is 12.6 Å². The Morgan fingerprint density at radius 1 is 1.06 bits per heavy atom. The summed E-state index contributed by atoms with van der Waals surface area (Å²) < 4.78 is 10.5. The molecule has 0 fully saturated rings. The van der Waals surface area contributed by atoms with E-state index in [1.807, 2.05) is 0 Å². The highest BCUT2D eigenvalue weighted by Crippen LogP contribution is 2.20. The lowest BCUT2D eigenvalue weighted by Gasteiger charge is -2.04. The molecule has 1 aromatic carbocycles. The van der Waals surface area contributed by atoms with Gasteiger partial charge in [-0.1, -0.05) is 0 Å². The van der Waals surface area contributed by atoms with E-state index in [1.54, 1.807) is 31.4 Å². The monoisotopic (exact) mass is 232 g/mol. The lowest BCUT2D eigenvalue weighted by molar-refractivity contribution is 0.280. The third kappa shape index (κ3) is 2.92. The molecule has 88 valence electrons. The van der Waals surface area contributed by atoms with Gasteiger partial charge in [0.15, 0.2) is 0 Å². The fourth-order valence-corrected chi connectivity index (χ4v) is 1.23. The molecule has 0 aliphatic rings. The summed E-state index contributed by atoms with van der Waals surface area (Å²) in [6.45, 7) is -0.0805. The van der Waals surface area contributed by atoms with Crippen LogP contribution in [0, 0.1) is 0 Å². The highest BCUT2D eigenvalue weighted by Gasteiger charge is 2.00. The highest BCUT2D eigenvalue weighted by atomic mass is 16.5. The number of hydrogen-bond acceptors (Lipinski definition) is 5. The molecule has 0 aliphatic carbocycles. The van der Waals surface area contributed by atoms with E-state index in [4.69, 9.17) is 14.6 Å². The van der Waals surface area contributed by atoms with E-state index in [9.17, 15) is 0 Å². The lowest BCUT2D eigenvalue weighted by Crippen LogP contribution is -1.93. The Morgan fingerprint density at radius 2 is 1.65 bits per heavy atom. The molecule has 2 aromatic rings. The van der Waals surface area contributed by atoms with E-state index in [0.717, 1.165) is 5.75 Å². The van der Waals surface area contributed by atoms with Crippen molar-refractivity contribution in [3.05, 3.63) is 42.2 Å². The second kappa shape index (κ2) is 5.27. The number of methoxy groups -OCH3 is 1. The summed E-state index contributed by atoms with van der Waals surface area (Å²) in [6.07, 6.45) is 3.04. The molecule has 0 spiro atoms. The summed E-state index contributed by atoms with van der Waals surface area (Å²) in [5.41, 5.74) is 0.645. The quantitative estimate of drug-likeness (QED) is 0.870. The first-order valence-corrected chi connectivity index (χ1v) is 5.05. The Hall–Kier alpha value is -2.14. The van der Waals surface area contributed by atoms with Gasteiger partial charge in [0.2, 0.25) is 0 Å². The predicted molar refractivity (Wildman–Crippen MR) is 61.0 cm³/mol. The van der Waals surface area contributed by atoms with Crippen LogP contribution >= 0.6 is 0 Å². The van der Waals surface area contributed by atoms with Crippen molar-refractivity contribution in [1.29, 1.82) is 0 Å². The maximum atomic E-state index is 8.84. The first kappa shape index (κ1) is 11.3. The Kier molecular flexibility index (Phi) is 3.52. The molecule has 0 saturated carbocycles. The van der Waals surface area contributed by atoms with E-state index >= 15 is 0 Å². The molecule has 1 aromatic heterocycles. The fraction of sp³-hybridized carbons (Fsp3) is 0.167. The molecule has 17 heavy (non-hydrogen) atoms. The van der Waals surface area contributed by atoms with Gasteiger partial charge in [-0.25, -0.2) is 9.97 Å². The van der Waals surface area contributed by atoms with E-state index in [1.165, 1.54) is 12.4 Å². The van der Waals surface area contributed by atoms with Gasteiger partial charge in [-0.2, -0.15) is 0 Å². The van der Waals surface area contributed by atoms with Crippen LogP contribution in [-0.2, 0) is 6.61 Å². The van der Waals surface area contributed by atoms with Crippen LogP contribution in [0.4, 0.5) is 0 Å². The maximum Gasteiger partial charge on any atom is 0.321 e. The molecule has 1 N–H and O–H groups in total. The lowest BCUT2D eigenvalue weighted by atomic mass is 10.3. The number of hydrogen-bond donors (Lipinski definition) is 1. The van der Waals surface area contributed by atoms with E-state index in [2.05, 4.69) is 9.97 Å². The Balaban J connectivity index is 2.08. The second-order valence-electron chi connectivity index (χ2n) is 3.31. The van der Waals surface area contributed by atoms with Crippen LogP contribution < -0.4 is 9.47 Å². The minimum absolute atomic E-state index is 0.0805. The highest BCUT2D eigenvalue weighted by molar-refractivity contribution is 5.32. The van der Waals surface area contributed by atoms with Gasteiger partial charge in [0, 0.05) is 18.0 Å². The molecule has 0 saturated heterocycles. The van der Waals surface area contributed by atoms with E-state index in [0.29, 0.717) is 11.3 Å². The zero-order chi connectivity index (χ0) is 12.1. The Labute approximate surface area is 98.7 Å². The zero-order valence-corrected chi connectivity index (χ0v) is 9.33. The topological polar surface area (TPSA) is 64.5 Å². The first-order valence-electron chi connectivity index (χ1n) is 5.05. The van der Waals surface area contributed by atoms with Crippen molar-refractivity contribution >= 4 is 0 Å². The third-order valence-electron chi connectivity index (χ3n) is 2.13. The summed E-state index contributed by atoms with van der Waals surface area (Å²) >= 11 is 0. The molecule has 1 heterocycles. The largest absolute Gasteiger partial charge is 0.497 e. The molecule has 2 rings (SSSR count). The van der Waals surface area contributed by atoms with Crippen molar-refractivity contribution in [2.45, 2.75) is 6.61 Å². The van der Waals surface area contributed by atoms with Crippen molar-refractivity contribution in [2.24, 2.45) is 0 Å². The first-order chi connectivity index (χ1) is 8.31. The van der Waals surface area contributed by atoms with Crippen molar-refractivity contribution < 1.29 is 14.6 Å². The molecule has 0 bridgehead atoms. The number of aliphatic hydroxyl groups is 1. The van der Waals surface area contributed by atoms with Crippen LogP contribution in [0.25, 0.3) is 0 Å². The number of aliphatic hydroxyl groups excluding tert-OH is 1. The smallest absolute Gasteiger partial charge is 0.321 e. The van der Waals surface area contributed by atoms with Crippen LogP contribution in [0.2, 0.25) is 0 Å². The van der Waals surface area contributed by atoms with Gasteiger partial charge in [-0.05, 0) is 24.3 Å². The Bertz CT molecular complexity index is 423. The molecular weight excluding hydrogens is 220 g/mol. The van der Waals surface area contributed by atoms with Crippen LogP contribution in [0.3, 0.4) is 0 Å². The molecule has 0 atom stereocenters. The number of benzene rings is 1. The third-order valence-corrected chi connectivity index (χ3v) is 2.13. The van der Waals surface area contributed by atoms with Gasteiger partial charge >= 0.3 is 6.01 Å². The van der Waals surface area contributed by atoms with Crippen molar-refractivity contribution in [2.75, 3.05) is 7.11 Å². The van der Waals surface area contributed by atoms with Crippen LogP contribution in [0.5, 0.6) is 17.5 Å². The van der Waals surface area contributed by atoms with Gasteiger partial charge in [0.25, 0.3) is 0 Å². The molecule has 0 amide bonds. The van der Waals surface area contributed by atoms with Crippen LogP contribution in [0.1, 0.15) is 5.56 Å². The molecule has 5 nitrogen and oxygen atoms in total. The molecule has 0 aliphatic heterocycles. The predicted octanol–water partition coefficient (Wildman–Crippen LogP) is 1.77. The minimum Gasteiger partial charge on any atom is -0.497 e. The molecule has 5 heteroatoms.